The monoisotopic (exact) mass is 139 g/mol. The number of halogens is 1. The van der Waals surface area contributed by atoms with Crippen LogP contribution in [0, 0.1) is 0 Å². The lowest BCUT2D eigenvalue weighted by atomic mass is 10.3. The van der Waals surface area contributed by atoms with Crippen LogP contribution in [0.25, 0.3) is 0 Å². The van der Waals surface area contributed by atoms with Crippen LogP contribution < -0.4 is 0 Å². The van der Waals surface area contributed by atoms with Gasteiger partial charge in [0.1, 0.15) is 0 Å². The van der Waals surface area contributed by atoms with Crippen molar-refractivity contribution >= 4 is 12.4 Å². The highest BCUT2D eigenvalue weighted by molar-refractivity contribution is 5.85. The molecule has 0 amide bonds. The van der Waals surface area contributed by atoms with Crippen molar-refractivity contribution in [1.29, 1.82) is 0 Å². The van der Waals surface area contributed by atoms with Crippen LogP contribution in [0.2, 0.25) is 0 Å². The molecule has 0 aliphatic rings. The van der Waals surface area contributed by atoms with Gasteiger partial charge in [-0.3, -0.25) is 0 Å². The zero-order valence-corrected chi connectivity index (χ0v) is 6.40. The molecule has 0 rings (SSSR count). The highest BCUT2D eigenvalue weighted by Gasteiger charge is 1.98. The molecule has 0 fully saturated rings. The van der Waals surface area contributed by atoms with Gasteiger partial charge in [0.15, 0.2) is 0 Å². The minimum Gasteiger partial charge on any atom is -0.395 e. The molecule has 0 bridgehead atoms. The van der Waals surface area contributed by atoms with Gasteiger partial charge in [-0.25, -0.2) is 0 Å². The second-order valence-electron chi connectivity index (χ2n) is 2.00. The standard InChI is InChI=1S/C5H13NO.ClH/c1-5(4-7)6(2)3;/h5,7H,4H2,1-3H3;1H. The molecule has 0 aromatic heterocycles. The average Bonchev–Trinajstić information content (AvgIpc) is 1.65. The Kier molecular flexibility index (Phi) is 7.40. The van der Waals surface area contributed by atoms with Crippen molar-refractivity contribution in [3.05, 3.63) is 0 Å². The van der Waals surface area contributed by atoms with Crippen LogP contribution in [-0.2, 0) is 0 Å². The molecule has 8 heavy (non-hydrogen) atoms. The third-order valence-corrected chi connectivity index (χ3v) is 1.15. The maximum absolute atomic E-state index is 8.46. The van der Waals surface area contributed by atoms with E-state index in [0.717, 1.165) is 0 Å². The van der Waals surface area contributed by atoms with Crippen molar-refractivity contribution in [1.82, 2.24) is 4.90 Å². The lowest BCUT2D eigenvalue weighted by molar-refractivity contribution is 0.182. The summed E-state index contributed by atoms with van der Waals surface area (Å²) >= 11 is 0. The summed E-state index contributed by atoms with van der Waals surface area (Å²) in [6, 6.07) is 0.292. The van der Waals surface area contributed by atoms with Gasteiger partial charge in [0.05, 0.1) is 6.61 Å². The third kappa shape index (κ3) is 4.37. The fraction of sp³-hybridized carbons (Fsp3) is 1.00. The number of nitrogens with zero attached hydrogens (tertiary/aromatic N) is 1. The molecule has 0 heterocycles. The second-order valence-corrected chi connectivity index (χ2v) is 2.00. The fourth-order valence-electron chi connectivity index (χ4n) is 0.163. The topological polar surface area (TPSA) is 23.5 Å². The van der Waals surface area contributed by atoms with E-state index in [4.69, 9.17) is 5.11 Å². The van der Waals surface area contributed by atoms with Crippen LogP contribution in [0.15, 0.2) is 0 Å². The number of hydrogen-bond acceptors (Lipinski definition) is 2. The molecular formula is C5H14ClNO. The zero-order valence-electron chi connectivity index (χ0n) is 5.59. The summed E-state index contributed by atoms with van der Waals surface area (Å²) in [6.45, 7) is 2.22. The molecule has 0 saturated heterocycles. The van der Waals surface area contributed by atoms with Crippen molar-refractivity contribution < 1.29 is 5.11 Å². The molecule has 0 saturated carbocycles. The van der Waals surface area contributed by atoms with Crippen molar-refractivity contribution in [3.63, 3.8) is 0 Å². The Labute approximate surface area is 56.9 Å². The molecule has 52 valence electrons. The summed E-state index contributed by atoms with van der Waals surface area (Å²) in [5, 5.41) is 8.46. The van der Waals surface area contributed by atoms with Crippen LogP contribution in [-0.4, -0.2) is 36.8 Å². The smallest absolute Gasteiger partial charge is 0.0583 e. The van der Waals surface area contributed by atoms with Crippen molar-refractivity contribution in [2.75, 3.05) is 20.7 Å². The van der Waals surface area contributed by atoms with E-state index in [-0.39, 0.29) is 19.0 Å². The van der Waals surface area contributed by atoms with Gasteiger partial charge in [0.25, 0.3) is 0 Å². The molecule has 1 atom stereocenters. The summed E-state index contributed by atoms with van der Waals surface area (Å²) in [4.78, 5) is 1.97. The molecule has 0 aliphatic heterocycles. The van der Waals surface area contributed by atoms with Crippen LogP contribution >= 0.6 is 12.4 Å². The molecule has 0 aromatic carbocycles. The first-order chi connectivity index (χ1) is 3.18. The molecule has 0 aromatic rings. The number of hydrogen-bond donors (Lipinski definition) is 1. The molecule has 0 radical (unpaired) electrons. The molecule has 0 aliphatic carbocycles. The summed E-state index contributed by atoms with van der Waals surface area (Å²) in [7, 11) is 3.89. The Morgan fingerprint density at radius 2 is 1.88 bits per heavy atom. The molecule has 2 nitrogen and oxygen atoms in total. The van der Waals surface area contributed by atoms with Crippen LogP contribution in [0.1, 0.15) is 6.92 Å². The van der Waals surface area contributed by atoms with Gasteiger partial charge in [0.2, 0.25) is 0 Å². The summed E-state index contributed by atoms with van der Waals surface area (Å²) in [5.41, 5.74) is 0. The maximum atomic E-state index is 8.46. The van der Waals surface area contributed by atoms with Gasteiger partial charge < -0.3 is 10.0 Å². The van der Waals surface area contributed by atoms with E-state index in [1.807, 2.05) is 25.9 Å². The van der Waals surface area contributed by atoms with E-state index in [2.05, 4.69) is 0 Å². The van der Waals surface area contributed by atoms with Crippen molar-refractivity contribution in [2.45, 2.75) is 13.0 Å². The highest BCUT2D eigenvalue weighted by Crippen LogP contribution is 1.85. The predicted molar refractivity (Wildman–Crippen MR) is 37.5 cm³/mol. The summed E-state index contributed by atoms with van der Waals surface area (Å²) < 4.78 is 0. The number of aliphatic hydroxyl groups is 1. The number of likely N-dealkylation sites (N-methyl/N-ethyl adjacent to an activating group) is 1. The van der Waals surface area contributed by atoms with Gasteiger partial charge in [-0.05, 0) is 21.0 Å². The minimum atomic E-state index is 0. The second kappa shape index (κ2) is 5.35. The Balaban J connectivity index is 0. The average molecular weight is 140 g/mol. The van der Waals surface area contributed by atoms with E-state index in [9.17, 15) is 0 Å². The fourth-order valence-corrected chi connectivity index (χ4v) is 0.163. The van der Waals surface area contributed by atoms with E-state index < -0.39 is 0 Å². The molecule has 1 unspecified atom stereocenters. The molecular weight excluding hydrogens is 126 g/mol. The van der Waals surface area contributed by atoms with E-state index >= 15 is 0 Å². The van der Waals surface area contributed by atoms with Gasteiger partial charge in [0, 0.05) is 6.04 Å². The predicted octanol–water partition coefficient (Wildman–Crippen LogP) is 0.351. The van der Waals surface area contributed by atoms with E-state index in [1.165, 1.54) is 0 Å². The number of rotatable bonds is 2. The number of aliphatic hydroxyl groups excluding tert-OH is 1. The Morgan fingerprint density at radius 1 is 1.50 bits per heavy atom. The SMILES string of the molecule is CC(CO)N(C)C.Cl. The highest BCUT2D eigenvalue weighted by atomic mass is 35.5. The third-order valence-electron chi connectivity index (χ3n) is 1.15. The van der Waals surface area contributed by atoms with Gasteiger partial charge >= 0.3 is 0 Å². The van der Waals surface area contributed by atoms with Crippen molar-refractivity contribution in [3.8, 4) is 0 Å². The van der Waals surface area contributed by atoms with Gasteiger partial charge in [-0.1, -0.05) is 0 Å². The Hall–Kier alpha value is 0.210. The normalized spacial score (nSPS) is 13.1. The minimum absolute atomic E-state index is 0. The molecule has 1 N–H and O–H groups in total. The zero-order chi connectivity index (χ0) is 5.86. The van der Waals surface area contributed by atoms with Crippen LogP contribution in [0.3, 0.4) is 0 Å². The van der Waals surface area contributed by atoms with E-state index in [1.54, 1.807) is 0 Å². The van der Waals surface area contributed by atoms with Crippen LogP contribution in [0.4, 0.5) is 0 Å². The van der Waals surface area contributed by atoms with Crippen LogP contribution in [0.5, 0.6) is 0 Å². The largest absolute Gasteiger partial charge is 0.395 e. The van der Waals surface area contributed by atoms with Crippen molar-refractivity contribution in [2.24, 2.45) is 0 Å². The maximum Gasteiger partial charge on any atom is 0.0583 e. The lowest BCUT2D eigenvalue weighted by Gasteiger charge is -2.15. The first-order valence-corrected chi connectivity index (χ1v) is 2.45. The Bertz CT molecular complexity index is 49.7. The van der Waals surface area contributed by atoms with E-state index in [0.29, 0.717) is 6.04 Å². The first-order valence-electron chi connectivity index (χ1n) is 2.45. The Morgan fingerprint density at radius 3 is 1.88 bits per heavy atom. The van der Waals surface area contributed by atoms with Gasteiger partial charge in [-0.2, -0.15) is 0 Å². The van der Waals surface area contributed by atoms with Gasteiger partial charge in [-0.15, -0.1) is 12.4 Å². The summed E-state index contributed by atoms with van der Waals surface area (Å²) in [5.74, 6) is 0. The lowest BCUT2D eigenvalue weighted by Crippen LogP contribution is -2.27. The summed E-state index contributed by atoms with van der Waals surface area (Å²) in [6.07, 6.45) is 0. The molecule has 3 heteroatoms. The first kappa shape index (κ1) is 11.1. The molecule has 0 spiro atoms. The quantitative estimate of drug-likeness (QED) is 0.597.